The molecule has 0 saturated carbocycles. The van der Waals surface area contributed by atoms with Gasteiger partial charge in [0.1, 0.15) is 5.75 Å². The molecule has 0 N–H and O–H groups in total. The van der Waals surface area contributed by atoms with Crippen LogP contribution in [0.3, 0.4) is 0 Å². The number of hydrogen-bond acceptors (Lipinski definition) is 4. The number of carbonyl (C=O) groups is 1. The van der Waals surface area contributed by atoms with Crippen LogP contribution in [0.4, 0.5) is 0 Å². The fraction of sp³-hybridized carbons (Fsp3) is 0.360. The second-order valence-electron chi connectivity index (χ2n) is 7.92. The summed E-state index contributed by atoms with van der Waals surface area (Å²) in [5.74, 6) is 0.887. The molecule has 162 valence electrons. The van der Waals surface area contributed by atoms with Gasteiger partial charge in [0.2, 0.25) is 0 Å². The largest absolute Gasteiger partial charge is 0.494 e. The lowest BCUT2D eigenvalue weighted by Crippen LogP contribution is -2.48. The number of nitrogens with zero attached hydrogens (tertiary/aromatic N) is 4. The zero-order valence-electron chi connectivity index (χ0n) is 18.5. The molecule has 2 heterocycles. The molecule has 6 nitrogen and oxygen atoms in total. The third-order valence-electron chi connectivity index (χ3n) is 5.90. The summed E-state index contributed by atoms with van der Waals surface area (Å²) in [7, 11) is 0. The van der Waals surface area contributed by atoms with Crippen LogP contribution in [0.15, 0.2) is 54.6 Å². The SMILES string of the molecule is CCOc1ccc(C(=O)N2CCN(Cc3c(C)nn(-c4ccccc4)c3C)CC2)cc1. The van der Waals surface area contributed by atoms with Crippen LogP contribution < -0.4 is 4.74 Å². The Morgan fingerprint density at radius 3 is 2.29 bits per heavy atom. The minimum Gasteiger partial charge on any atom is -0.494 e. The molecule has 1 amide bonds. The molecule has 1 aliphatic rings. The molecule has 3 aromatic rings. The Morgan fingerprint density at radius 2 is 1.65 bits per heavy atom. The van der Waals surface area contributed by atoms with E-state index in [0.29, 0.717) is 12.2 Å². The summed E-state index contributed by atoms with van der Waals surface area (Å²) in [6.07, 6.45) is 0. The number of aryl methyl sites for hydroxylation is 1. The van der Waals surface area contributed by atoms with Gasteiger partial charge in [0.25, 0.3) is 5.91 Å². The van der Waals surface area contributed by atoms with E-state index in [1.165, 1.54) is 11.3 Å². The van der Waals surface area contributed by atoms with Crippen molar-refractivity contribution in [3.63, 3.8) is 0 Å². The van der Waals surface area contributed by atoms with Crippen LogP contribution in [0.5, 0.6) is 5.75 Å². The highest BCUT2D eigenvalue weighted by Gasteiger charge is 2.24. The summed E-state index contributed by atoms with van der Waals surface area (Å²) in [6.45, 7) is 10.8. The Balaban J connectivity index is 1.37. The van der Waals surface area contributed by atoms with Crippen molar-refractivity contribution in [1.29, 1.82) is 0 Å². The Kier molecular flexibility index (Phi) is 6.37. The van der Waals surface area contributed by atoms with Crippen LogP contribution in [0.2, 0.25) is 0 Å². The number of rotatable bonds is 6. The normalized spacial score (nSPS) is 14.6. The monoisotopic (exact) mass is 418 g/mol. The number of hydrogen-bond donors (Lipinski definition) is 0. The standard InChI is InChI=1S/C25H30N4O2/c1-4-31-23-12-10-21(11-13-23)25(30)28-16-14-27(15-17-28)18-24-19(2)26-29(20(24)3)22-8-6-5-7-9-22/h5-13H,4,14-18H2,1-3H3. The summed E-state index contributed by atoms with van der Waals surface area (Å²) in [6, 6.07) is 17.7. The van der Waals surface area contributed by atoms with Crippen LogP contribution in [0.1, 0.15) is 34.2 Å². The summed E-state index contributed by atoms with van der Waals surface area (Å²) in [5.41, 5.74) is 5.31. The van der Waals surface area contributed by atoms with E-state index in [4.69, 9.17) is 9.84 Å². The first-order valence-corrected chi connectivity index (χ1v) is 10.9. The van der Waals surface area contributed by atoms with Gasteiger partial charge in [0.05, 0.1) is 18.0 Å². The van der Waals surface area contributed by atoms with Crippen molar-refractivity contribution in [3.8, 4) is 11.4 Å². The zero-order chi connectivity index (χ0) is 21.8. The molecule has 1 saturated heterocycles. The van der Waals surface area contributed by atoms with Gasteiger partial charge in [-0.25, -0.2) is 4.68 Å². The third kappa shape index (κ3) is 4.64. The number of amides is 1. The molecule has 1 fully saturated rings. The van der Waals surface area contributed by atoms with E-state index in [1.807, 2.05) is 59.0 Å². The first kappa shape index (κ1) is 21.1. The van der Waals surface area contributed by atoms with E-state index < -0.39 is 0 Å². The predicted octanol–water partition coefficient (Wildman–Crippen LogP) is 3.85. The summed E-state index contributed by atoms with van der Waals surface area (Å²) >= 11 is 0. The van der Waals surface area contributed by atoms with Crippen LogP contribution in [0, 0.1) is 13.8 Å². The quantitative estimate of drug-likeness (QED) is 0.610. The van der Waals surface area contributed by atoms with E-state index in [0.717, 1.165) is 49.9 Å². The Hall–Kier alpha value is -3.12. The van der Waals surface area contributed by atoms with E-state index in [-0.39, 0.29) is 5.91 Å². The van der Waals surface area contributed by atoms with E-state index >= 15 is 0 Å². The first-order chi connectivity index (χ1) is 15.1. The van der Waals surface area contributed by atoms with E-state index in [2.05, 4.69) is 30.9 Å². The highest BCUT2D eigenvalue weighted by atomic mass is 16.5. The van der Waals surface area contributed by atoms with Gasteiger partial charge in [0.15, 0.2) is 0 Å². The van der Waals surface area contributed by atoms with Gasteiger partial charge in [-0.2, -0.15) is 5.10 Å². The van der Waals surface area contributed by atoms with Gasteiger partial charge in [-0.3, -0.25) is 9.69 Å². The predicted molar refractivity (Wildman–Crippen MR) is 122 cm³/mol. The lowest BCUT2D eigenvalue weighted by Gasteiger charge is -2.34. The molecule has 0 radical (unpaired) electrons. The number of aromatic nitrogens is 2. The molecule has 1 aromatic heterocycles. The maximum absolute atomic E-state index is 12.9. The van der Waals surface area contributed by atoms with Crippen LogP contribution in [0.25, 0.3) is 5.69 Å². The molecule has 6 heteroatoms. The van der Waals surface area contributed by atoms with Crippen molar-refractivity contribution in [1.82, 2.24) is 19.6 Å². The molecular weight excluding hydrogens is 388 g/mol. The molecule has 2 aromatic carbocycles. The number of ether oxygens (including phenoxy) is 1. The van der Waals surface area contributed by atoms with Crippen molar-refractivity contribution in [3.05, 3.63) is 77.1 Å². The van der Waals surface area contributed by atoms with Crippen molar-refractivity contribution >= 4 is 5.91 Å². The summed E-state index contributed by atoms with van der Waals surface area (Å²) in [4.78, 5) is 17.2. The van der Waals surface area contributed by atoms with Crippen molar-refractivity contribution in [2.75, 3.05) is 32.8 Å². The van der Waals surface area contributed by atoms with Gasteiger partial charge < -0.3 is 9.64 Å². The Bertz CT molecular complexity index is 1020. The van der Waals surface area contributed by atoms with Gasteiger partial charge in [-0.05, 0) is 57.2 Å². The maximum atomic E-state index is 12.9. The average Bonchev–Trinajstić information content (AvgIpc) is 3.09. The van der Waals surface area contributed by atoms with E-state index in [9.17, 15) is 4.79 Å². The lowest BCUT2D eigenvalue weighted by molar-refractivity contribution is 0.0628. The minimum absolute atomic E-state index is 0.0898. The third-order valence-corrected chi connectivity index (χ3v) is 5.90. The Morgan fingerprint density at radius 1 is 0.968 bits per heavy atom. The second-order valence-corrected chi connectivity index (χ2v) is 7.92. The number of piperazine rings is 1. The van der Waals surface area contributed by atoms with Crippen LogP contribution >= 0.6 is 0 Å². The highest BCUT2D eigenvalue weighted by molar-refractivity contribution is 5.94. The second kappa shape index (κ2) is 9.35. The highest BCUT2D eigenvalue weighted by Crippen LogP contribution is 2.21. The first-order valence-electron chi connectivity index (χ1n) is 10.9. The molecular formula is C25H30N4O2. The lowest BCUT2D eigenvalue weighted by atomic mass is 10.1. The van der Waals surface area contributed by atoms with Crippen LogP contribution in [-0.4, -0.2) is 58.3 Å². The number of carbonyl (C=O) groups excluding carboxylic acids is 1. The molecule has 4 rings (SSSR count). The Labute approximate surface area is 184 Å². The molecule has 31 heavy (non-hydrogen) atoms. The fourth-order valence-corrected chi connectivity index (χ4v) is 4.10. The average molecular weight is 419 g/mol. The molecule has 1 aliphatic heterocycles. The zero-order valence-corrected chi connectivity index (χ0v) is 18.5. The molecule has 0 atom stereocenters. The topological polar surface area (TPSA) is 50.6 Å². The smallest absolute Gasteiger partial charge is 0.253 e. The van der Waals surface area contributed by atoms with E-state index in [1.54, 1.807) is 0 Å². The molecule has 0 aliphatic carbocycles. The molecule has 0 bridgehead atoms. The fourth-order valence-electron chi connectivity index (χ4n) is 4.10. The summed E-state index contributed by atoms with van der Waals surface area (Å²) < 4.78 is 7.49. The maximum Gasteiger partial charge on any atom is 0.253 e. The van der Waals surface area contributed by atoms with Gasteiger partial charge in [0, 0.05) is 49.5 Å². The molecule has 0 unspecified atom stereocenters. The number of para-hydroxylation sites is 1. The van der Waals surface area contributed by atoms with Crippen molar-refractivity contribution in [2.45, 2.75) is 27.3 Å². The minimum atomic E-state index is 0.0898. The van der Waals surface area contributed by atoms with Gasteiger partial charge >= 0.3 is 0 Å². The number of benzene rings is 2. The van der Waals surface area contributed by atoms with Gasteiger partial charge in [-0.15, -0.1) is 0 Å². The van der Waals surface area contributed by atoms with Crippen molar-refractivity contribution in [2.24, 2.45) is 0 Å². The van der Waals surface area contributed by atoms with Gasteiger partial charge in [-0.1, -0.05) is 18.2 Å². The van der Waals surface area contributed by atoms with Crippen molar-refractivity contribution < 1.29 is 9.53 Å². The van der Waals surface area contributed by atoms with Crippen LogP contribution in [-0.2, 0) is 6.54 Å². The molecule has 0 spiro atoms. The summed E-state index contributed by atoms with van der Waals surface area (Å²) in [5, 5.41) is 4.76.